The van der Waals surface area contributed by atoms with Crippen molar-refractivity contribution >= 4 is 10.9 Å². The largest absolute Gasteiger partial charge is 0.497 e. The molecule has 4 nitrogen and oxygen atoms in total. The Morgan fingerprint density at radius 3 is 2.63 bits per heavy atom. The van der Waals surface area contributed by atoms with Crippen molar-refractivity contribution in [2.45, 2.75) is 13.8 Å². The maximum absolute atomic E-state index is 5.25. The Bertz CT molecular complexity index is 746. The molecule has 0 unspecified atom stereocenters. The number of methoxy groups -OCH3 is 1. The molecule has 0 amide bonds. The molecule has 0 aliphatic carbocycles. The third kappa shape index (κ3) is 2.05. The summed E-state index contributed by atoms with van der Waals surface area (Å²) in [4.78, 5) is 4.64. The smallest absolute Gasteiger partial charge is 0.154 e. The number of hydrogen-bond acceptors (Lipinski definition) is 3. The molecule has 0 spiro atoms. The Morgan fingerprint density at radius 2 is 1.95 bits per heavy atom. The molecule has 19 heavy (non-hydrogen) atoms. The van der Waals surface area contributed by atoms with E-state index >= 15 is 0 Å². The van der Waals surface area contributed by atoms with Crippen LogP contribution in [0.4, 0.5) is 0 Å². The van der Waals surface area contributed by atoms with E-state index in [1.165, 1.54) is 0 Å². The van der Waals surface area contributed by atoms with Gasteiger partial charge in [-0.15, -0.1) is 0 Å². The van der Waals surface area contributed by atoms with Crippen molar-refractivity contribution in [2.24, 2.45) is 0 Å². The Balaban J connectivity index is 2.19. The van der Waals surface area contributed by atoms with Crippen molar-refractivity contribution < 1.29 is 4.74 Å². The minimum Gasteiger partial charge on any atom is -0.497 e. The molecule has 3 aromatic rings. The third-order valence-electron chi connectivity index (χ3n) is 3.17. The summed E-state index contributed by atoms with van der Waals surface area (Å²) in [6, 6.07) is 9.91. The second kappa shape index (κ2) is 4.39. The second-order valence-electron chi connectivity index (χ2n) is 4.58. The van der Waals surface area contributed by atoms with Gasteiger partial charge in [-0.05, 0) is 49.7 Å². The maximum atomic E-state index is 5.25. The first-order valence-corrected chi connectivity index (χ1v) is 6.15. The van der Waals surface area contributed by atoms with Crippen molar-refractivity contribution in [3.8, 4) is 11.6 Å². The predicted octanol–water partition coefficient (Wildman–Crippen LogP) is 3.05. The van der Waals surface area contributed by atoms with Crippen molar-refractivity contribution in [3.63, 3.8) is 0 Å². The number of ether oxygens (including phenoxy) is 1. The molecule has 0 aliphatic rings. The lowest BCUT2D eigenvalue weighted by atomic mass is 10.1. The van der Waals surface area contributed by atoms with Crippen LogP contribution in [-0.4, -0.2) is 21.9 Å². The van der Waals surface area contributed by atoms with Gasteiger partial charge in [-0.1, -0.05) is 0 Å². The van der Waals surface area contributed by atoms with E-state index in [1.807, 2.05) is 43.5 Å². The normalized spacial score (nSPS) is 10.9. The predicted molar refractivity (Wildman–Crippen MR) is 74.9 cm³/mol. The summed E-state index contributed by atoms with van der Waals surface area (Å²) in [6.07, 6.45) is 1.92. The van der Waals surface area contributed by atoms with Gasteiger partial charge in [0.25, 0.3) is 0 Å². The summed E-state index contributed by atoms with van der Waals surface area (Å²) in [7, 11) is 1.67. The molecule has 0 saturated carbocycles. The summed E-state index contributed by atoms with van der Waals surface area (Å²) < 4.78 is 7.05. The highest BCUT2D eigenvalue weighted by molar-refractivity contribution is 5.84. The van der Waals surface area contributed by atoms with Crippen LogP contribution in [0.1, 0.15) is 11.3 Å². The Morgan fingerprint density at radius 1 is 1.11 bits per heavy atom. The van der Waals surface area contributed by atoms with Gasteiger partial charge in [0.05, 0.1) is 18.3 Å². The lowest BCUT2D eigenvalue weighted by Gasteiger charge is -2.08. The van der Waals surface area contributed by atoms with Crippen molar-refractivity contribution in [2.75, 3.05) is 7.11 Å². The van der Waals surface area contributed by atoms with Gasteiger partial charge >= 0.3 is 0 Å². The fraction of sp³-hybridized carbons (Fsp3) is 0.200. The number of nitrogens with zero attached hydrogens (tertiary/aromatic N) is 3. The number of rotatable bonds is 2. The summed E-state index contributed by atoms with van der Waals surface area (Å²) in [6.45, 7) is 4.04. The first-order valence-electron chi connectivity index (χ1n) is 6.15. The number of hydrogen-bond donors (Lipinski definition) is 0. The zero-order valence-corrected chi connectivity index (χ0v) is 11.2. The Hall–Kier alpha value is -2.36. The van der Waals surface area contributed by atoms with E-state index in [4.69, 9.17) is 4.74 Å². The lowest BCUT2D eigenvalue weighted by Crippen LogP contribution is -2.00. The van der Waals surface area contributed by atoms with Gasteiger partial charge in [0.15, 0.2) is 5.82 Å². The fourth-order valence-corrected chi connectivity index (χ4v) is 2.14. The lowest BCUT2D eigenvalue weighted by molar-refractivity contribution is 0.415. The quantitative estimate of drug-likeness (QED) is 0.704. The van der Waals surface area contributed by atoms with Crippen molar-refractivity contribution in [1.29, 1.82) is 0 Å². The molecule has 0 bridgehead atoms. The first kappa shape index (κ1) is 11.7. The molecular weight excluding hydrogens is 238 g/mol. The molecule has 0 N–H and O–H groups in total. The van der Waals surface area contributed by atoms with Gasteiger partial charge in [-0.25, -0.2) is 9.67 Å². The van der Waals surface area contributed by atoms with Crippen LogP contribution in [0.2, 0.25) is 0 Å². The van der Waals surface area contributed by atoms with E-state index in [0.717, 1.165) is 33.7 Å². The van der Waals surface area contributed by atoms with Crippen molar-refractivity contribution in [1.82, 2.24) is 14.8 Å². The van der Waals surface area contributed by atoms with Crippen LogP contribution in [0.15, 0.2) is 36.5 Å². The molecule has 4 heteroatoms. The van der Waals surface area contributed by atoms with Gasteiger partial charge < -0.3 is 4.74 Å². The Kier molecular flexibility index (Phi) is 2.71. The molecule has 2 heterocycles. The third-order valence-corrected chi connectivity index (χ3v) is 3.17. The molecule has 96 valence electrons. The topological polar surface area (TPSA) is 39.9 Å². The van der Waals surface area contributed by atoms with E-state index in [2.05, 4.69) is 17.0 Å². The monoisotopic (exact) mass is 253 g/mol. The highest BCUT2D eigenvalue weighted by Gasteiger charge is 2.06. The number of pyridine rings is 1. The highest BCUT2D eigenvalue weighted by atomic mass is 16.5. The van der Waals surface area contributed by atoms with Crippen LogP contribution < -0.4 is 4.74 Å². The van der Waals surface area contributed by atoms with Crippen molar-refractivity contribution in [3.05, 3.63) is 47.8 Å². The maximum Gasteiger partial charge on any atom is 0.154 e. The second-order valence-corrected chi connectivity index (χ2v) is 4.58. The average Bonchev–Trinajstić information content (AvgIpc) is 2.85. The molecule has 2 aromatic heterocycles. The summed E-state index contributed by atoms with van der Waals surface area (Å²) in [5.74, 6) is 1.68. The zero-order valence-electron chi connectivity index (χ0n) is 11.2. The van der Waals surface area contributed by atoms with Crippen LogP contribution >= 0.6 is 0 Å². The number of aromatic nitrogens is 3. The summed E-state index contributed by atoms with van der Waals surface area (Å²) >= 11 is 0. The van der Waals surface area contributed by atoms with E-state index in [1.54, 1.807) is 11.8 Å². The van der Waals surface area contributed by atoms with Gasteiger partial charge in [0.2, 0.25) is 0 Å². The number of aryl methyl sites for hydroxylation is 2. The minimum atomic E-state index is 0.836. The van der Waals surface area contributed by atoms with E-state index in [-0.39, 0.29) is 0 Å². The van der Waals surface area contributed by atoms with Crippen LogP contribution in [0.25, 0.3) is 16.7 Å². The molecule has 1 aromatic carbocycles. The van der Waals surface area contributed by atoms with Gasteiger partial charge in [-0.2, -0.15) is 5.10 Å². The van der Waals surface area contributed by atoms with E-state index in [0.29, 0.717) is 0 Å². The summed E-state index contributed by atoms with van der Waals surface area (Å²) in [5, 5.41) is 5.50. The SMILES string of the molecule is COc1ccc2nc(-n3ccc(C)n3)cc(C)c2c1. The van der Waals surface area contributed by atoms with Gasteiger partial charge in [0.1, 0.15) is 5.75 Å². The number of benzene rings is 1. The van der Waals surface area contributed by atoms with Gasteiger partial charge in [-0.3, -0.25) is 0 Å². The summed E-state index contributed by atoms with van der Waals surface area (Å²) in [5.41, 5.74) is 3.09. The standard InChI is InChI=1S/C15H15N3O/c1-10-8-15(18-7-6-11(2)17-18)16-14-5-4-12(19-3)9-13(10)14/h4-9H,1-3H3. The molecule has 0 radical (unpaired) electrons. The molecule has 0 aliphatic heterocycles. The fourth-order valence-electron chi connectivity index (χ4n) is 2.14. The molecule has 0 atom stereocenters. The Labute approximate surface area is 111 Å². The highest BCUT2D eigenvalue weighted by Crippen LogP contribution is 2.24. The first-order chi connectivity index (χ1) is 9.17. The zero-order chi connectivity index (χ0) is 13.4. The van der Waals surface area contributed by atoms with Crippen LogP contribution in [-0.2, 0) is 0 Å². The molecule has 0 saturated heterocycles. The molecule has 0 fully saturated rings. The van der Waals surface area contributed by atoms with Crippen LogP contribution in [0.5, 0.6) is 5.75 Å². The van der Waals surface area contributed by atoms with E-state index < -0.39 is 0 Å². The van der Waals surface area contributed by atoms with E-state index in [9.17, 15) is 0 Å². The molecular formula is C15H15N3O. The van der Waals surface area contributed by atoms with Crippen LogP contribution in [0, 0.1) is 13.8 Å². The average molecular weight is 253 g/mol. The number of fused-ring (bicyclic) bond motifs is 1. The minimum absolute atomic E-state index is 0.836. The van der Waals surface area contributed by atoms with Gasteiger partial charge in [0, 0.05) is 11.6 Å². The van der Waals surface area contributed by atoms with Crippen LogP contribution in [0.3, 0.4) is 0 Å². The molecule has 3 rings (SSSR count).